The van der Waals surface area contributed by atoms with Gasteiger partial charge in [-0.15, -0.1) is 0 Å². The molecule has 1 saturated heterocycles. The first-order valence-electron chi connectivity index (χ1n) is 10.3. The van der Waals surface area contributed by atoms with Crippen molar-refractivity contribution in [1.82, 2.24) is 4.90 Å². The first kappa shape index (κ1) is 20.5. The minimum Gasteiger partial charge on any atom is -0.369 e. The number of para-hydroxylation sites is 1. The Kier molecular flexibility index (Phi) is 6.36. The van der Waals surface area contributed by atoms with Crippen molar-refractivity contribution in [3.63, 3.8) is 0 Å². The molecule has 1 amide bonds. The molecule has 4 nitrogen and oxygen atoms in total. The highest BCUT2D eigenvalue weighted by atomic mass is 35.5. The summed E-state index contributed by atoms with van der Waals surface area (Å²) in [6.07, 6.45) is 0. The Hall–Kier alpha value is -2.82. The van der Waals surface area contributed by atoms with Gasteiger partial charge in [-0.25, -0.2) is 0 Å². The molecular formula is C25H26ClN3O. The minimum absolute atomic E-state index is 0.122. The molecule has 1 N–H and O–H groups in total. The molecule has 3 aromatic carbocycles. The highest BCUT2D eigenvalue weighted by Crippen LogP contribution is 2.23. The van der Waals surface area contributed by atoms with Gasteiger partial charge in [0.1, 0.15) is 0 Å². The third-order valence-corrected chi connectivity index (χ3v) is 6.04. The van der Waals surface area contributed by atoms with E-state index in [0.29, 0.717) is 10.6 Å². The first-order chi connectivity index (χ1) is 14.6. The van der Waals surface area contributed by atoms with E-state index >= 15 is 0 Å². The lowest BCUT2D eigenvalue weighted by atomic mass is 10.1. The van der Waals surface area contributed by atoms with Crippen LogP contribution in [0.25, 0.3) is 0 Å². The van der Waals surface area contributed by atoms with Gasteiger partial charge in [0.15, 0.2) is 0 Å². The highest BCUT2D eigenvalue weighted by molar-refractivity contribution is 6.31. The molecule has 30 heavy (non-hydrogen) atoms. The number of benzene rings is 3. The topological polar surface area (TPSA) is 35.6 Å². The first-order valence-corrected chi connectivity index (χ1v) is 10.7. The van der Waals surface area contributed by atoms with Crippen molar-refractivity contribution in [3.05, 3.63) is 94.5 Å². The van der Waals surface area contributed by atoms with Gasteiger partial charge in [-0.1, -0.05) is 48.0 Å². The Balaban J connectivity index is 1.32. The summed E-state index contributed by atoms with van der Waals surface area (Å²) in [5.41, 5.74) is 4.78. The van der Waals surface area contributed by atoms with Crippen LogP contribution in [0.3, 0.4) is 0 Å². The number of hydrogen-bond donors (Lipinski definition) is 1. The summed E-state index contributed by atoms with van der Waals surface area (Å²) in [5.74, 6) is -0.122. The van der Waals surface area contributed by atoms with Crippen LogP contribution in [0.5, 0.6) is 0 Å². The summed E-state index contributed by atoms with van der Waals surface area (Å²) in [6.45, 7) is 6.93. The van der Waals surface area contributed by atoms with E-state index in [4.69, 9.17) is 11.6 Å². The van der Waals surface area contributed by atoms with Crippen LogP contribution in [0, 0.1) is 6.92 Å². The van der Waals surface area contributed by atoms with E-state index in [2.05, 4.69) is 45.4 Å². The Bertz CT molecular complexity index is 997. The number of halogens is 1. The molecule has 4 rings (SSSR count). The van der Waals surface area contributed by atoms with Gasteiger partial charge in [-0.2, -0.15) is 0 Å². The average Bonchev–Trinajstić information content (AvgIpc) is 2.78. The Labute approximate surface area is 183 Å². The van der Waals surface area contributed by atoms with Crippen LogP contribution in [0.1, 0.15) is 21.5 Å². The molecule has 5 heteroatoms. The minimum atomic E-state index is -0.122. The summed E-state index contributed by atoms with van der Waals surface area (Å²) in [7, 11) is 0. The van der Waals surface area contributed by atoms with Crippen LogP contribution in [0.4, 0.5) is 11.4 Å². The average molecular weight is 420 g/mol. The summed E-state index contributed by atoms with van der Waals surface area (Å²) >= 11 is 6.14. The molecule has 0 aromatic heterocycles. The van der Waals surface area contributed by atoms with Gasteiger partial charge in [0.25, 0.3) is 5.91 Å². The standard InChI is InChI=1S/C25H26ClN3O/c1-19-23(26)8-5-9-24(19)27-25(30)21-12-10-20(11-13-21)18-28-14-16-29(17-15-28)22-6-3-2-4-7-22/h2-13H,14-18H2,1H3,(H,27,30). The molecule has 0 aliphatic carbocycles. The van der Waals surface area contributed by atoms with Crippen LogP contribution in [0.2, 0.25) is 5.02 Å². The molecule has 0 bridgehead atoms. The van der Waals surface area contributed by atoms with Gasteiger partial charge >= 0.3 is 0 Å². The van der Waals surface area contributed by atoms with Crippen LogP contribution in [-0.4, -0.2) is 37.0 Å². The van der Waals surface area contributed by atoms with E-state index in [1.54, 1.807) is 0 Å². The Morgan fingerprint density at radius 3 is 2.30 bits per heavy atom. The number of nitrogens with zero attached hydrogens (tertiary/aromatic N) is 2. The van der Waals surface area contributed by atoms with E-state index in [1.807, 2.05) is 49.4 Å². The van der Waals surface area contributed by atoms with Crippen LogP contribution in [0.15, 0.2) is 72.8 Å². The largest absolute Gasteiger partial charge is 0.369 e. The van der Waals surface area contributed by atoms with Gasteiger partial charge < -0.3 is 10.2 Å². The smallest absolute Gasteiger partial charge is 0.255 e. The number of piperazine rings is 1. The second-order valence-corrected chi connectivity index (χ2v) is 8.07. The number of hydrogen-bond acceptors (Lipinski definition) is 3. The molecule has 1 aliphatic heterocycles. The zero-order valence-electron chi connectivity index (χ0n) is 17.1. The zero-order chi connectivity index (χ0) is 20.9. The van der Waals surface area contributed by atoms with Gasteiger partial charge in [0.05, 0.1) is 0 Å². The predicted octanol–water partition coefficient (Wildman–Crippen LogP) is 5.22. The van der Waals surface area contributed by atoms with Crippen LogP contribution >= 0.6 is 11.6 Å². The van der Waals surface area contributed by atoms with Crippen LogP contribution in [-0.2, 0) is 6.54 Å². The van der Waals surface area contributed by atoms with Crippen molar-refractivity contribution in [2.45, 2.75) is 13.5 Å². The van der Waals surface area contributed by atoms with E-state index < -0.39 is 0 Å². The molecule has 1 aliphatic rings. The fourth-order valence-corrected chi connectivity index (χ4v) is 3.93. The maximum absolute atomic E-state index is 12.6. The maximum Gasteiger partial charge on any atom is 0.255 e. The van der Waals surface area contributed by atoms with Crippen molar-refractivity contribution < 1.29 is 4.79 Å². The van der Waals surface area contributed by atoms with Crippen molar-refractivity contribution in [1.29, 1.82) is 0 Å². The second-order valence-electron chi connectivity index (χ2n) is 7.66. The molecule has 154 valence electrons. The van der Waals surface area contributed by atoms with Gasteiger partial charge in [0, 0.05) is 54.7 Å². The van der Waals surface area contributed by atoms with Gasteiger partial charge in [-0.3, -0.25) is 9.69 Å². The number of nitrogens with one attached hydrogen (secondary N) is 1. The summed E-state index contributed by atoms with van der Waals surface area (Å²) in [4.78, 5) is 17.5. The fraction of sp³-hybridized carbons (Fsp3) is 0.240. The summed E-state index contributed by atoms with van der Waals surface area (Å²) in [5, 5.41) is 3.60. The van der Waals surface area contributed by atoms with Crippen molar-refractivity contribution >= 4 is 28.9 Å². The molecule has 0 radical (unpaired) electrons. The third-order valence-electron chi connectivity index (χ3n) is 5.63. The van der Waals surface area contributed by atoms with E-state index in [9.17, 15) is 4.79 Å². The van der Waals surface area contributed by atoms with Crippen LogP contribution < -0.4 is 10.2 Å². The molecule has 1 fully saturated rings. The van der Waals surface area contributed by atoms with E-state index in [-0.39, 0.29) is 5.91 Å². The molecular weight excluding hydrogens is 394 g/mol. The Morgan fingerprint density at radius 2 is 1.60 bits per heavy atom. The van der Waals surface area contributed by atoms with Crippen molar-refractivity contribution in [3.8, 4) is 0 Å². The second kappa shape index (κ2) is 9.33. The third kappa shape index (κ3) is 4.84. The number of carbonyl (C=O) groups excluding carboxylic acids is 1. The lowest BCUT2D eigenvalue weighted by Gasteiger charge is -2.36. The normalized spacial score (nSPS) is 14.5. The monoisotopic (exact) mass is 419 g/mol. The van der Waals surface area contributed by atoms with E-state index in [0.717, 1.165) is 44.0 Å². The van der Waals surface area contributed by atoms with Crippen molar-refractivity contribution in [2.24, 2.45) is 0 Å². The number of rotatable bonds is 5. The SMILES string of the molecule is Cc1c(Cl)cccc1NC(=O)c1ccc(CN2CCN(c3ccccc3)CC2)cc1. The molecule has 0 atom stereocenters. The molecule has 0 saturated carbocycles. The lowest BCUT2D eigenvalue weighted by molar-refractivity contribution is 0.102. The molecule has 0 unspecified atom stereocenters. The highest BCUT2D eigenvalue weighted by Gasteiger charge is 2.17. The summed E-state index contributed by atoms with van der Waals surface area (Å²) < 4.78 is 0. The van der Waals surface area contributed by atoms with Gasteiger partial charge in [-0.05, 0) is 54.4 Å². The number of anilines is 2. The van der Waals surface area contributed by atoms with E-state index in [1.165, 1.54) is 11.3 Å². The molecule has 3 aromatic rings. The molecule has 1 heterocycles. The van der Waals surface area contributed by atoms with Gasteiger partial charge in [0.2, 0.25) is 0 Å². The quantitative estimate of drug-likeness (QED) is 0.615. The molecule has 0 spiro atoms. The van der Waals surface area contributed by atoms with Crippen molar-refractivity contribution in [2.75, 3.05) is 36.4 Å². The number of carbonyl (C=O) groups is 1. The lowest BCUT2D eigenvalue weighted by Crippen LogP contribution is -2.45. The summed E-state index contributed by atoms with van der Waals surface area (Å²) in [6, 6.07) is 24.0. The number of amides is 1. The fourth-order valence-electron chi connectivity index (χ4n) is 3.76. The maximum atomic E-state index is 12.6. The Morgan fingerprint density at radius 1 is 0.900 bits per heavy atom. The zero-order valence-corrected chi connectivity index (χ0v) is 17.9. The predicted molar refractivity (Wildman–Crippen MR) is 125 cm³/mol.